The van der Waals surface area contributed by atoms with E-state index >= 15 is 0 Å². The van der Waals surface area contributed by atoms with Crippen LogP contribution in [0.5, 0.6) is 5.75 Å². The molecular weight excluding hydrogens is 284 g/mol. The second-order valence-electron chi connectivity index (χ2n) is 5.03. The molecule has 114 valence electrons. The van der Waals surface area contributed by atoms with Gasteiger partial charge in [-0.2, -0.15) is 0 Å². The van der Waals surface area contributed by atoms with Gasteiger partial charge in [-0.1, -0.05) is 36.4 Å². The first-order valence-corrected chi connectivity index (χ1v) is 7.63. The van der Waals surface area contributed by atoms with Gasteiger partial charge in [0, 0.05) is 12.4 Å². The minimum absolute atomic E-state index is 0.684. The first kappa shape index (κ1) is 15.0. The summed E-state index contributed by atoms with van der Waals surface area (Å²) in [5.74, 6) is 0.894. The zero-order chi connectivity index (χ0) is 15.9. The van der Waals surface area contributed by atoms with Crippen molar-refractivity contribution in [1.82, 2.24) is 9.97 Å². The van der Waals surface area contributed by atoms with Crippen LogP contribution in [0.25, 0.3) is 23.5 Å². The maximum atomic E-state index is 5.44. The molecule has 0 amide bonds. The summed E-state index contributed by atoms with van der Waals surface area (Å²) < 4.78 is 5.44. The molecular formula is C20H18N2O. The molecule has 2 heterocycles. The molecule has 0 N–H and O–H groups in total. The summed E-state index contributed by atoms with van der Waals surface area (Å²) in [5.41, 5.74) is 3.94. The smallest absolute Gasteiger partial charge is 0.119 e. The number of rotatable bonds is 5. The average molecular weight is 302 g/mol. The van der Waals surface area contributed by atoms with Crippen LogP contribution in [0.4, 0.5) is 0 Å². The SMILES string of the molecule is CCOc1ccc(/C=C\c2ccc(-c3ccccn3)nc2)cc1. The van der Waals surface area contributed by atoms with Crippen LogP contribution in [0.15, 0.2) is 67.0 Å². The molecule has 3 rings (SSSR count). The molecule has 0 fully saturated rings. The summed E-state index contributed by atoms with van der Waals surface area (Å²) >= 11 is 0. The number of nitrogens with zero attached hydrogens (tertiary/aromatic N) is 2. The van der Waals surface area contributed by atoms with Gasteiger partial charge in [0.1, 0.15) is 5.75 Å². The summed E-state index contributed by atoms with van der Waals surface area (Å²) in [7, 11) is 0. The lowest BCUT2D eigenvalue weighted by atomic mass is 10.1. The minimum Gasteiger partial charge on any atom is -0.494 e. The van der Waals surface area contributed by atoms with E-state index in [0.717, 1.165) is 28.3 Å². The van der Waals surface area contributed by atoms with Crippen molar-refractivity contribution in [2.45, 2.75) is 6.92 Å². The molecule has 0 aliphatic heterocycles. The van der Waals surface area contributed by atoms with Gasteiger partial charge >= 0.3 is 0 Å². The van der Waals surface area contributed by atoms with E-state index in [9.17, 15) is 0 Å². The first-order valence-electron chi connectivity index (χ1n) is 7.63. The van der Waals surface area contributed by atoms with Gasteiger partial charge in [-0.05, 0) is 48.4 Å². The van der Waals surface area contributed by atoms with Crippen molar-refractivity contribution in [1.29, 1.82) is 0 Å². The Balaban J connectivity index is 1.70. The van der Waals surface area contributed by atoms with Gasteiger partial charge in [0.25, 0.3) is 0 Å². The molecule has 0 atom stereocenters. The van der Waals surface area contributed by atoms with Crippen molar-refractivity contribution in [2.75, 3.05) is 6.61 Å². The van der Waals surface area contributed by atoms with Gasteiger partial charge in [-0.25, -0.2) is 0 Å². The molecule has 1 aromatic carbocycles. The van der Waals surface area contributed by atoms with Gasteiger partial charge < -0.3 is 4.74 Å². The molecule has 3 heteroatoms. The average Bonchev–Trinajstić information content (AvgIpc) is 2.63. The third kappa shape index (κ3) is 4.04. The van der Waals surface area contributed by atoms with Crippen LogP contribution in [-0.2, 0) is 0 Å². The molecule has 23 heavy (non-hydrogen) atoms. The van der Waals surface area contributed by atoms with Crippen LogP contribution in [0.1, 0.15) is 18.1 Å². The van der Waals surface area contributed by atoms with E-state index in [0.29, 0.717) is 6.61 Å². The molecule has 0 aliphatic rings. The maximum absolute atomic E-state index is 5.44. The van der Waals surface area contributed by atoms with E-state index in [1.165, 1.54) is 0 Å². The Morgan fingerprint density at radius 2 is 1.57 bits per heavy atom. The number of hydrogen-bond donors (Lipinski definition) is 0. The number of pyridine rings is 2. The highest BCUT2D eigenvalue weighted by atomic mass is 16.5. The van der Waals surface area contributed by atoms with Gasteiger partial charge in [0.2, 0.25) is 0 Å². The summed E-state index contributed by atoms with van der Waals surface area (Å²) in [6, 6.07) is 17.9. The van der Waals surface area contributed by atoms with E-state index < -0.39 is 0 Å². The van der Waals surface area contributed by atoms with Gasteiger partial charge in [0.15, 0.2) is 0 Å². The van der Waals surface area contributed by atoms with E-state index in [4.69, 9.17) is 4.74 Å². The Kier molecular flexibility index (Phi) is 4.79. The van der Waals surface area contributed by atoms with E-state index in [1.54, 1.807) is 6.20 Å². The van der Waals surface area contributed by atoms with Crippen LogP contribution in [0.3, 0.4) is 0 Å². The predicted molar refractivity (Wildman–Crippen MR) is 94.0 cm³/mol. The fraction of sp³-hybridized carbons (Fsp3) is 0.100. The van der Waals surface area contributed by atoms with Crippen molar-refractivity contribution in [3.8, 4) is 17.1 Å². The summed E-state index contributed by atoms with van der Waals surface area (Å²) in [6.45, 7) is 2.67. The Bertz CT molecular complexity index is 763. The molecule has 0 bridgehead atoms. The number of ether oxygens (including phenoxy) is 1. The van der Waals surface area contributed by atoms with Crippen LogP contribution in [0, 0.1) is 0 Å². The minimum atomic E-state index is 0.684. The van der Waals surface area contributed by atoms with Gasteiger partial charge in [-0.3, -0.25) is 9.97 Å². The zero-order valence-electron chi connectivity index (χ0n) is 13.0. The van der Waals surface area contributed by atoms with Crippen molar-refractivity contribution >= 4 is 12.2 Å². The molecule has 0 aliphatic carbocycles. The Morgan fingerprint density at radius 1 is 0.826 bits per heavy atom. The van der Waals surface area contributed by atoms with Crippen molar-refractivity contribution in [3.05, 3.63) is 78.1 Å². The van der Waals surface area contributed by atoms with Crippen molar-refractivity contribution in [3.63, 3.8) is 0 Å². The van der Waals surface area contributed by atoms with Crippen LogP contribution in [0.2, 0.25) is 0 Å². The summed E-state index contributed by atoms with van der Waals surface area (Å²) in [6.07, 6.45) is 7.74. The van der Waals surface area contributed by atoms with Crippen LogP contribution in [-0.4, -0.2) is 16.6 Å². The van der Waals surface area contributed by atoms with E-state index in [-0.39, 0.29) is 0 Å². The fourth-order valence-corrected chi connectivity index (χ4v) is 2.20. The number of hydrogen-bond acceptors (Lipinski definition) is 3. The third-order valence-corrected chi connectivity index (χ3v) is 3.37. The summed E-state index contributed by atoms with van der Waals surface area (Å²) in [4.78, 5) is 8.77. The van der Waals surface area contributed by atoms with E-state index in [2.05, 4.69) is 16.0 Å². The lowest BCUT2D eigenvalue weighted by molar-refractivity contribution is 0.340. The highest BCUT2D eigenvalue weighted by molar-refractivity contribution is 5.70. The third-order valence-electron chi connectivity index (χ3n) is 3.37. The lowest BCUT2D eigenvalue weighted by Crippen LogP contribution is -1.90. The molecule has 3 nitrogen and oxygen atoms in total. The predicted octanol–water partition coefficient (Wildman–Crippen LogP) is 4.71. The molecule has 0 unspecified atom stereocenters. The molecule has 0 saturated carbocycles. The van der Waals surface area contributed by atoms with Crippen molar-refractivity contribution < 1.29 is 4.74 Å². The highest BCUT2D eigenvalue weighted by Crippen LogP contribution is 2.16. The molecule has 2 aromatic heterocycles. The topological polar surface area (TPSA) is 35.0 Å². The quantitative estimate of drug-likeness (QED) is 0.684. The zero-order valence-corrected chi connectivity index (χ0v) is 13.0. The Labute approximate surface area is 136 Å². The van der Waals surface area contributed by atoms with Crippen molar-refractivity contribution in [2.24, 2.45) is 0 Å². The van der Waals surface area contributed by atoms with Gasteiger partial charge in [0.05, 0.1) is 18.0 Å². The first-order chi connectivity index (χ1) is 11.3. The molecule has 0 saturated heterocycles. The monoisotopic (exact) mass is 302 g/mol. The second-order valence-corrected chi connectivity index (χ2v) is 5.03. The number of aromatic nitrogens is 2. The normalized spacial score (nSPS) is 10.8. The maximum Gasteiger partial charge on any atom is 0.119 e. The second kappa shape index (κ2) is 7.36. The highest BCUT2D eigenvalue weighted by Gasteiger charge is 1.99. The van der Waals surface area contributed by atoms with E-state index in [1.807, 2.05) is 73.8 Å². The van der Waals surface area contributed by atoms with Crippen LogP contribution >= 0.6 is 0 Å². The fourth-order valence-electron chi connectivity index (χ4n) is 2.20. The summed E-state index contributed by atoms with van der Waals surface area (Å²) in [5, 5.41) is 0. The lowest BCUT2D eigenvalue weighted by Gasteiger charge is -2.02. The molecule has 0 spiro atoms. The Hall–Kier alpha value is -2.94. The standard InChI is InChI=1S/C20H18N2O/c1-2-23-18-11-8-16(9-12-18)6-7-17-10-13-20(22-15-17)19-5-3-4-14-21-19/h3-15H,2H2,1H3/b7-6-. The number of benzene rings is 1. The largest absolute Gasteiger partial charge is 0.494 e. The molecule has 0 radical (unpaired) electrons. The van der Waals surface area contributed by atoms with Gasteiger partial charge in [-0.15, -0.1) is 0 Å². The van der Waals surface area contributed by atoms with Crippen LogP contribution < -0.4 is 4.74 Å². The Morgan fingerprint density at radius 3 is 2.22 bits per heavy atom. The molecule has 3 aromatic rings.